The summed E-state index contributed by atoms with van der Waals surface area (Å²) in [5, 5.41) is 0. The Morgan fingerprint density at radius 3 is 2.53 bits per heavy atom. The minimum atomic E-state index is -0.686. The summed E-state index contributed by atoms with van der Waals surface area (Å²) in [4.78, 5) is 31.9. The molecule has 0 aliphatic carbocycles. The number of fused-ring (bicyclic) bond motifs is 1. The molecule has 0 fully saturated rings. The molecule has 36 heavy (non-hydrogen) atoms. The highest BCUT2D eigenvalue weighted by atomic mass is 79.9. The van der Waals surface area contributed by atoms with Crippen molar-refractivity contribution in [1.29, 1.82) is 0 Å². The summed E-state index contributed by atoms with van der Waals surface area (Å²) in [7, 11) is 1.58. The summed E-state index contributed by atoms with van der Waals surface area (Å²) in [5.41, 5.74) is 2.07. The van der Waals surface area contributed by atoms with Gasteiger partial charge < -0.3 is 14.2 Å². The molecule has 0 radical (unpaired) electrons. The Labute approximate surface area is 229 Å². The van der Waals surface area contributed by atoms with Gasteiger partial charge in [-0.25, -0.2) is 9.79 Å². The van der Waals surface area contributed by atoms with Crippen LogP contribution >= 0.6 is 43.2 Å². The highest BCUT2D eigenvalue weighted by Gasteiger charge is 2.33. The predicted molar refractivity (Wildman–Crippen MR) is 146 cm³/mol. The van der Waals surface area contributed by atoms with Gasteiger partial charge in [0.25, 0.3) is 5.56 Å². The molecule has 0 saturated carbocycles. The number of nitrogens with zero attached hydrogens (tertiary/aromatic N) is 2. The van der Waals surface area contributed by atoms with Crippen molar-refractivity contribution >= 4 is 55.2 Å². The smallest absolute Gasteiger partial charge is 0.338 e. The SMILES string of the molecule is CCOC(=O)C1=C(C)N=c2s/c(=C\c3cc(Br)cc(Br)c3OC)c(=O)n2[C@@H]1c1ccc(OCC)cc1. The van der Waals surface area contributed by atoms with Gasteiger partial charge >= 0.3 is 5.97 Å². The Bertz CT molecular complexity index is 1520. The number of aromatic nitrogens is 1. The lowest BCUT2D eigenvalue weighted by molar-refractivity contribution is -0.139. The van der Waals surface area contributed by atoms with Crippen LogP contribution in [0.15, 0.2) is 66.4 Å². The van der Waals surface area contributed by atoms with E-state index >= 15 is 0 Å². The first-order valence-corrected chi connectivity index (χ1v) is 13.6. The molecule has 1 aliphatic rings. The van der Waals surface area contributed by atoms with Crippen molar-refractivity contribution in [2.24, 2.45) is 4.99 Å². The summed E-state index contributed by atoms with van der Waals surface area (Å²) in [6.07, 6.45) is 1.77. The highest BCUT2D eigenvalue weighted by molar-refractivity contribution is 9.11. The summed E-state index contributed by atoms with van der Waals surface area (Å²) in [6, 6.07) is 10.4. The van der Waals surface area contributed by atoms with Crippen molar-refractivity contribution in [3.05, 3.63) is 87.4 Å². The molecule has 0 bridgehead atoms. The molecule has 0 unspecified atom stereocenters. The van der Waals surface area contributed by atoms with Gasteiger partial charge in [0.15, 0.2) is 4.80 Å². The van der Waals surface area contributed by atoms with Crippen molar-refractivity contribution in [3.8, 4) is 11.5 Å². The lowest BCUT2D eigenvalue weighted by Crippen LogP contribution is -2.39. The zero-order valence-electron chi connectivity index (χ0n) is 20.1. The predicted octanol–water partition coefficient (Wildman–Crippen LogP) is 4.73. The van der Waals surface area contributed by atoms with Crippen LogP contribution in [0.1, 0.15) is 37.9 Å². The van der Waals surface area contributed by atoms with Crippen LogP contribution in [0.25, 0.3) is 6.08 Å². The number of rotatable bonds is 7. The third-order valence-corrected chi connectivity index (χ3v) is 7.58. The van der Waals surface area contributed by atoms with Gasteiger partial charge in [0.1, 0.15) is 11.5 Å². The van der Waals surface area contributed by atoms with Crippen LogP contribution in [0.2, 0.25) is 0 Å². The summed E-state index contributed by atoms with van der Waals surface area (Å²) in [5.74, 6) is 0.819. The molecule has 0 N–H and O–H groups in total. The van der Waals surface area contributed by atoms with Gasteiger partial charge in [-0.05, 0) is 72.6 Å². The van der Waals surface area contributed by atoms with Crippen LogP contribution in [-0.2, 0) is 9.53 Å². The molecule has 0 saturated heterocycles. The molecule has 3 aromatic rings. The number of allylic oxidation sites excluding steroid dienone is 1. The van der Waals surface area contributed by atoms with Crippen molar-refractivity contribution in [2.45, 2.75) is 26.8 Å². The normalized spacial score (nSPS) is 15.4. The molecular formula is C26H24Br2N2O5S. The number of ether oxygens (including phenoxy) is 3. The number of carbonyl (C=O) groups excluding carboxylic acids is 1. The average molecular weight is 636 g/mol. The molecule has 2 heterocycles. The number of halogens is 2. The number of thiazole rings is 1. The number of benzene rings is 2. The van der Waals surface area contributed by atoms with E-state index in [1.807, 2.05) is 43.3 Å². The van der Waals surface area contributed by atoms with Crippen molar-refractivity contribution in [2.75, 3.05) is 20.3 Å². The monoisotopic (exact) mass is 634 g/mol. The maximum Gasteiger partial charge on any atom is 0.338 e. The second-order valence-corrected chi connectivity index (χ2v) is 10.6. The molecule has 1 atom stereocenters. The molecule has 0 spiro atoms. The maximum absolute atomic E-state index is 13.8. The van der Waals surface area contributed by atoms with E-state index in [-0.39, 0.29) is 12.2 Å². The fourth-order valence-electron chi connectivity index (χ4n) is 4.06. The third kappa shape index (κ3) is 5.07. The molecule has 1 aromatic heterocycles. The Morgan fingerprint density at radius 1 is 1.17 bits per heavy atom. The topological polar surface area (TPSA) is 79.1 Å². The zero-order chi connectivity index (χ0) is 26.0. The molecule has 7 nitrogen and oxygen atoms in total. The molecule has 10 heteroatoms. The minimum Gasteiger partial charge on any atom is -0.495 e. The molecule has 2 aromatic carbocycles. The van der Waals surface area contributed by atoms with Crippen molar-refractivity contribution in [3.63, 3.8) is 0 Å². The van der Waals surface area contributed by atoms with Crippen LogP contribution < -0.4 is 24.4 Å². The highest BCUT2D eigenvalue weighted by Crippen LogP contribution is 2.34. The molecule has 1 aliphatic heterocycles. The molecule has 0 amide bonds. The Balaban J connectivity index is 1.95. The summed E-state index contributed by atoms with van der Waals surface area (Å²) >= 11 is 8.26. The number of methoxy groups -OCH3 is 1. The largest absolute Gasteiger partial charge is 0.495 e. The van der Waals surface area contributed by atoms with E-state index in [1.54, 1.807) is 31.6 Å². The Hall–Kier alpha value is -2.69. The van der Waals surface area contributed by atoms with Gasteiger partial charge in [-0.3, -0.25) is 9.36 Å². The van der Waals surface area contributed by atoms with Gasteiger partial charge in [0.2, 0.25) is 0 Å². The van der Waals surface area contributed by atoms with Crippen molar-refractivity contribution < 1.29 is 19.0 Å². The van der Waals surface area contributed by atoms with E-state index < -0.39 is 12.0 Å². The quantitative estimate of drug-likeness (QED) is 0.351. The average Bonchev–Trinajstić information content (AvgIpc) is 3.13. The first kappa shape index (κ1) is 26.4. The summed E-state index contributed by atoms with van der Waals surface area (Å²) in [6.45, 7) is 6.18. The third-order valence-electron chi connectivity index (χ3n) is 5.55. The van der Waals surface area contributed by atoms with Gasteiger partial charge in [-0.1, -0.05) is 39.4 Å². The van der Waals surface area contributed by atoms with Crippen LogP contribution in [0.4, 0.5) is 0 Å². The standard InChI is InChI=1S/C26H24Br2N2O5S/c1-5-34-18-9-7-15(8-10-18)22-21(25(32)35-6-2)14(3)29-26-30(22)24(31)20(36-26)12-16-11-17(27)13-19(28)23(16)33-4/h7-13,22H,5-6H2,1-4H3/b20-12-/t22-/m1/s1. The number of esters is 1. The van der Waals surface area contributed by atoms with E-state index in [1.165, 1.54) is 11.3 Å². The van der Waals surface area contributed by atoms with Crippen LogP contribution in [0.5, 0.6) is 11.5 Å². The fourth-order valence-corrected chi connectivity index (χ4v) is 6.52. The Morgan fingerprint density at radius 2 is 1.89 bits per heavy atom. The van der Waals surface area contributed by atoms with E-state index in [4.69, 9.17) is 14.2 Å². The van der Waals surface area contributed by atoms with Gasteiger partial charge in [0.05, 0.1) is 46.6 Å². The van der Waals surface area contributed by atoms with Crippen molar-refractivity contribution in [1.82, 2.24) is 4.57 Å². The first-order chi connectivity index (χ1) is 17.3. The van der Waals surface area contributed by atoms with E-state index in [0.29, 0.717) is 38.7 Å². The second-order valence-electron chi connectivity index (χ2n) is 7.81. The van der Waals surface area contributed by atoms with Gasteiger partial charge in [0, 0.05) is 10.0 Å². The Kier molecular flexibility index (Phi) is 8.17. The first-order valence-electron chi connectivity index (χ1n) is 11.2. The zero-order valence-corrected chi connectivity index (χ0v) is 24.1. The number of carbonyl (C=O) groups is 1. The van der Waals surface area contributed by atoms with E-state index in [0.717, 1.165) is 20.1 Å². The number of hydrogen-bond acceptors (Lipinski definition) is 7. The lowest BCUT2D eigenvalue weighted by atomic mass is 9.96. The second kappa shape index (κ2) is 11.1. The molecule has 188 valence electrons. The fraction of sp³-hybridized carbons (Fsp3) is 0.269. The minimum absolute atomic E-state index is 0.216. The van der Waals surface area contributed by atoms with Crippen LogP contribution in [0, 0.1) is 0 Å². The molecular weight excluding hydrogens is 612 g/mol. The summed E-state index contributed by atoms with van der Waals surface area (Å²) < 4.78 is 20.1. The van der Waals surface area contributed by atoms with Crippen LogP contribution in [-0.4, -0.2) is 30.9 Å². The number of hydrogen-bond donors (Lipinski definition) is 0. The van der Waals surface area contributed by atoms with E-state index in [2.05, 4.69) is 36.9 Å². The maximum atomic E-state index is 13.8. The van der Waals surface area contributed by atoms with Gasteiger partial charge in [-0.2, -0.15) is 0 Å². The van der Waals surface area contributed by atoms with Gasteiger partial charge in [-0.15, -0.1) is 0 Å². The van der Waals surface area contributed by atoms with E-state index in [9.17, 15) is 9.59 Å². The van der Waals surface area contributed by atoms with Crippen LogP contribution in [0.3, 0.4) is 0 Å². The molecule has 4 rings (SSSR count). The lowest BCUT2D eigenvalue weighted by Gasteiger charge is -2.24.